The van der Waals surface area contributed by atoms with Gasteiger partial charge in [0.2, 0.25) is 0 Å². The lowest BCUT2D eigenvalue weighted by molar-refractivity contribution is 0.0600. The summed E-state index contributed by atoms with van der Waals surface area (Å²) in [6.45, 7) is 1.90. The van der Waals surface area contributed by atoms with Gasteiger partial charge in [0, 0.05) is 5.69 Å². The normalized spacial score (nSPS) is 11.0. The minimum absolute atomic E-state index is 0.0532. The van der Waals surface area contributed by atoms with Gasteiger partial charge in [-0.3, -0.25) is 4.72 Å². The number of aryl methyl sites for hydroxylation is 1. The predicted molar refractivity (Wildman–Crippen MR) is 84.8 cm³/mol. The average Bonchev–Trinajstić information content (AvgIpc) is 2.48. The maximum absolute atomic E-state index is 12.3. The SMILES string of the molecule is COC(=O)c1ccc(S(=O)(=O)Nc2ccc(C)cc2)c(Cl)c1. The highest BCUT2D eigenvalue weighted by molar-refractivity contribution is 7.92. The topological polar surface area (TPSA) is 72.5 Å². The molecule has 0 bridgehead atoms. The molecular weight excluding hydrogens is 326 g/mol. The minimum atomic E-state index is -3.84. The summed E-state index contributed by atoms with van der Waals surface area (Å²) in [5.41, 5.74) is 1.63. The van der Waals surface area contributed by atoms with Crippen molar-refractivity contribution in [3.05, 3.63) is 58.6 Å². The fraction of sp³-hybridized carbons (Fsp3) is 0.133. The third-order valence-corrected chi connectivity index (χ3v) is 4.81. The van der Waals surface area contributed by atoms with Crippen molar-refractivity contribution in [2.24, 2.45) is 0 Å². The van der Waals surface area contributed by atoms with Gasteiger partial charge in [-0.15, -0.1) is 0 Å². The number of esters is 1. The van der Waals surface area contributed by atoms with E-state index in [1.165, 1.54) is 25.3 Å². The molecule has 0 fully saturated rings. The summed E-state index contributed by atoms with van der Waals surface area (Å²) in [6, 6.07) is 10.8. The second kappa shape index (κ2) is 6.37. The molecular formula is C15H14ClNO4S. The molecule has 0 radical (unpaired) electrons. The van der Waals surface area contributed by atoms with E-state index in [-0.39, 0.29) is 15.5 Å². The molecule has 7 heteroatoms. The highest BCUT2D eigenvalue weighted by Crippen LogP contribution is 2.25. The van der Waals surface area contributed by atoms with Crippen molar-refractivity contribution in [2.45, 2.75) is 11.8 Å². The van der Waals surface area contributed by atoms with Gasteiger partial charge in [0.1, 0.15) is 4.90 Å². The van der Waals surface area contributed by atoms with Gasteiger partial charge in [-0.05, 0) is 37.3 Å². The molecule has 22 heavy (non-hydrogen) atoms. The number of methoxy groups -OCH3 is 1. The number of ether oxygens (including phenoxy) is 1. The van der Waals surface area contributed by atoms with Gasteiger partial charge in [-0.2, -0.15) is 0 Å². The van der Waals surface area contributed by atoms with Crippen LogP contribution >= 0.6 is 11.6 Å². The molecule has 0 saturated carbocycles. The van der Waals surface area contributed by atoms with Crippen molar-refractivity contribution < 1.29 is 17.9 Å². The van der Waals surface area contributed by atoms with E-state index in [1.54, 1.807) is 24.3 Å². The Morgan fingerprint density at radius 1 is 1.14 bits per heavy atom. The number of hydrogen-bond donors (Lipinski definition) is 1. The van der Waals surface area contributed by atoms with Crippen molar-refractivity contribution >= 4 is 33.3 Å². The van der Waals surface area contributed by atoms with Crippen molar-refractivity contribution in [2.75, 3.05) is 11.8 Å². The second-order valence-corrected chi connectivity index (χ2v) is 6.67. The van der Waals surface area contributed by atoms with Crippen molar-refractivity contribution in [1.82, 2.24) is 0 Å². The lowest BCUT2D eigenvalue weighted by Gasteiger charge is -2.10. The quantitative estimate of drug-likeness (QED) is 0.868. The number of nitrogens with one attached hydrogen (secondary N) is 1. The van der Waals surface area contributed by atoms with Crippen LogP contribution in [0.4, 0.5) is 5.69 Å². The average molecular weight is 340 g/mol. The Kier molecular flexibility index (Phi) is 4.73. The Morgan fingerprint density at radius 3 is 2.32 bits per heavy atom. The van der Waals surface area contributed by atoms with Crippen LogP contribution in [0.15, 0.2) is 47.4 Å². The third-order valence-electron chi connectivity index (χ3n) is 2.95. The van der Waals surface area contributed by atoms with Crippen LogP contribution in [0.1, 0.15) is 15.9 Å². The Balaban J connectivity index is 2.33. The fourth-order valence-corrected chi connectivity index (χ4v) is 3.40. The number of carbonyl (C=O) groups is 1. The first-order valence-corrected chi connectivity index (χ1v) is 8.17. The first-order chi connectivity index (χ1) is 10.3. The molecule has 1 N–H and O–H groups in total. The van der Waals surface area contributed by atoms with E-state index < -0.39 is 16.0 Å². The van der Waals surface area contributed by atoms with E-state index in [9.17, 15) is 13.2 Å². The van der Waals surface area contributed by atoms with Crippen LogP contribution in [0.25, 0.3) is 0 Å². The molecule has 5 nitrogen and oxygen atoms in total. The standard InChI is InChI=1S/C15H14ClNO4S/c1-10-3-6-12(7-4-10)17-22(19,20)14-8-5-11(9-13(14)16)15(18)21-2/h3-9,17H,1-2H3. The molecule has 116 valence electrons. The Hall–Kier alpha value is -2.05. The number of halogens is 1. The molecule has 0 heterocycles. The first kappa shape index (κ1) is 16.3. The largest absolute Gasteiger partial charge is 0.465 e. The van der Waals surface area contributed by atoms with Gasteiger partial charge in [0.15, 0.2) is 0 Å². The van der Waals surface area contributed by atoms with Gasteiger partial charge in [-0.1, -0.05) is 29.3 Å². The summed E-state index contributed by atoms with van der Waals surface area (Å²) < 4.78 is 31.7. The van der Waals surface area contributed by atoms with Crippen LogP contribution in [-0.4, -0.2) is 21.5 Å². The maximum Gasteiger partial charge on any atom is 0.337 e. The molecule has 2 aromatic carbocycles. The maximum atomic E-state index is 12.3. The van der Waals surface area contributed by atoms with E-state index >= 15 is 0 Å². The van der Waals surface area contributed by atoms with Crippen molar-refractivity contribution in [3.63, 3.8) is 0 Å². The molecule has 0 spiro atoms. The zero-order chi connectivity index (χ0) is 16.3. The highest BCUT2D eigenvalue weighted by Gasteiger charge is 2.19. The van der Waals surface area contributed by atoms with E-state index in [1.807, 2.05) is 6.92 Å². The molecule has 0 aliphatic heterocycles. The highest BCUT2D eigenvalue weighted by atomic mass is 35.5. The molecule has 0 atom stereocenters. The van der Waals surface area contributed by atoms with Crippen molar-refractivity contribution in [3.8, 4) is 0 Å². The molecule has 0 aliphatic rings. The van der Waals surface area contributed by atoms with Crippen molar-refractivity contribution in [1.29, 1.82) is 0 Å². The van der Waals surface area contributed by atoms with Crippen LogP contribution in [0.2, 0.25) is 5.02 Å². The fourth-order valence-electron chi connectivity index (χ4n) is 1.80. The monoisotopic (exact) mass is 339 g/mol. The number of hydrogen-bond acceptors (Lipinski definition) is 4. The smallest absolute Gasteiger partial charge is 0.337 e. The summed E-state index contributed by atoms with van der Waals surface area (Å²) in [5, 5.41) is -0.0532. The summed E-state index contributed by atoms with van der Waals surface area (Å²) in [4.78, 5) is 11.3. The summed E-state index contributed by atoms with van der Waals surface area (Å²) in [7, 11) is -2.60. The van der Waals surface area contributed by atoms with Crippen LogP contribution in [0, 0.1) is 6.92 Å². The Morgan fingerprint density at radius 2 is 1.77 bits per heavy atom. The Labute approximate surface area is 133 Å². The predicted octanol–water partition coefficient (Wildman–Crippen LogP) is 3.24. The van der Waals surface area contributed by atoms with E-state index in [0.29, 0.717) is 5.69 Å². The van der Waals surface area contributed by atoms with E-state index in [0.717, 1.165) is 5.56 Å². The molecule has 2 aromatic rings. The molecule has 2 rings (SSSR count). The van der Waals surface area contributed by atoms with Gasteiger partial charge in [0.05, 0.1) is 17.7 Å². The van der Waals surface area contributed by atoms with Crippen LogP contribution in [0.3, 0.4) is 0 Å². The zero-order valence-corrected chi connectivity index (χ0v) is 13.5. The van der Waals surface area contributed by atoms with E-state index in [4.69, 9.17) is 11.6 Å². The zero-order valence-electron chi connectivity index (χ0n) is 12.0. The van der Waals surface area contributed by atoms with Crippen LogP contribution < -0.4 is 4.72 Å². The second-order valence-electron chi connectivity index (χ2n) is 4.61. The Bertz CT molecular complexity index is 801. The molecule has 0 saturated heterocycles. The molecule has 0 unspecified atom stereocenters. The van der Waals surface area contributed by atoms with E-state index in [2.05, 4.69) is 9.46 Å². The molecule has 0 aliphatic carbocycles. The number of anilines is 1. The molecule has 0 aromatic heterocycles. The first-order valence-electron chi connectivity index (χ1n) is 6.31. The van der Waals surface area contributed by atoms with Gasteiger partial charge in [-0.25, -0.2) is 13.2 Å². The lowest BCUT2D eigenvalue weighted by Crippen LogP contribution is -2.14. The van der Waals surface area contributed by atoms with Gasteiger partial charge < -0.3 is 4.74 Å². The summed E-state index contributed by atoms with van der Waals surface area (Å²) in [5.74, 6) is -0.586. The number of sulfonamides is 1. The van der Waals surface area contributed by atoms with Gasteiger partial charge >= 0.3 is 5.97 Å². The third kappa shape index (κ3) is 3.58. The number of rotatable bonds is 4. The minimum Gasteiger partial charge on any atom is -0.465 e. The number of carbonyl (C=O) groups excluding carboxylic acids is 1. The number of benzene rings is 2. The van der Waals surface area contributed by atoms with Crippen LogP contribution in [0.5, 0.6) is 0 Å². The lowest BCUT2D eigenvalue weighted by atomic mass is 10.2. The molecule has 0 amide bonds. The summed E-state index contributed by atoms with van der Waals surface area (Å²) >= 11 is 5.98. The van der Waals surface area contributed by atoms with Crippen LogP contribution in [-0.2, 0) is 14.8 Å². The van der Waals surface area contributed by atoms with Gasteiger partial charge in [0.25, 0.3) is 10.0 Å². The summed E-state index contributed by atoms with van der Waals surface area (Å²) in [6.07, 6.45) is 0.